The van der Waals surface area contributed by atoms with E-state index in [0.29, 0.717) is 12.8 Å². The summed E-state index contributed by atoms with van der Waals surface area (Å²) in [5, 5.41) is 0. The van der Waals surface area contributed by atoms with Gasteiger partial charge in [-0.25, -0.2) is 0 Å². The Kier molecular flexibility index (Phi) is 4.98. The molecule has 1 atom stereocenters. The van der Waals surface area contributed by atoms with Gasteiger partial charge in [0.2, 0.25) is 0 Å². The molecule has 1 aromatic rings. The van der Waals surface area contributed by atoms with Crippen LogP contribution in [0.4, 0.5) is 0 Å². The van der Waals surface area contributed by atoms with E-state index in [4.69, 9.17) is 9.47 Å². The Labute approximate surface area is 103 Å². The van der Waals surface area contributed by atoms with Crippen molar-refractivity contribution in [3.63, 3.8) is 0 Å². The maximum absolute atomic E-state index is 5.47. The molecule has 1 aliphatic rings. The van der Waals surface area contributed by atoms with Gasteiger partial charge in [-0.15, -0.1) is 0 Å². The highest BCUT2D eigenvalue weighted by molar-refractivity contribution is 5.14. The molecule has 0 amide bonds. The molecule has 1 fully saturated rings. The third-order valence-electron chi connectivity index (χ3n) is 3.24. The average molecular weight is 235 g/mol. The SMILES string of the molecule is COCOC[C@@H]1CCCN1Cc1ccccc1. The van der Waals surface area contributed by atoms with Gasteiger partial charge in [0.25, 0.3) is 0 Å². The molecule has 1 aromatic carbocycles. The summed E-state index contributed by atoms with van der Waals surface area (Å²) in [5.74, 6) is 0. The van der Waals surface area contributed by atoms with E-state index >= 15 is 0 Å². The van der Waals surface area contributed by atoms with E-state index in [2.05, 4.69) is 35.2 Å². The van der Waals surface area contributed by atoms with E-state index in [9.17, 15) is 0 Å². The van der Waals surface area contributed by atoms with Gasteiger partial charge in [-0.2, -0.15) is 0 Å². The van der Waals surface area contributed by atoms with Crippen molar-refractivity contribution < 1.29 is 9.47 Å². The number of methoxy groups -OCH3 is 1. The number of nitrogens with zero attached hydrogens (tertiary/aromatic N) is 1. The molecule has 3 nitrogen and oxygen atoms in total. The summed E-state index contributed by atoms with van der Waals surface area (Å²) in [6.45, 7) is 3.38. The zero-order valence-corrected chi connectivity index (χ0v) is 10.5. The minimum absolute atomic E-state index is 0.398. The first-order chi connectivity index (χ1) is 8.40. The molecule has 0 spiro atoms. The molecule has 0 bridgehead atoms. The van der Waals surface area contributed by atoms with Crippen LogP contribution >= 0.6 is 0 Å². The van der Waals surface area contributed by atoms with E-state index in [0.717, 1.165) is 13.2 Å². The topological polar surface area (TPSA) is 21.7 Å². The number of hydrogen-bond donors (Lipinski definition) is 0. The minimum Gasteiger partial charge on any atom is -0.359 e. The Bertz CT molecular complexity index is 315. The minimum atomic E-state index is 0.398. The van der Waals surface area contributed by atoms with Crippen LogP contribution in [0.3, 0.4) is 0 Å². The largest absolute Gasteiger partial charge is 0.359 e. The van der Waals surface area contributed by atoms with Crippen molar-refractivity contribution in [2.45, 2.75) is 25.4 Å². The lowest BCUT2D eigenvalue weighted by molar-refractivity contribution is -0.0476. The van der Waals surface area contributed by atoms with Gasteiger partial charge in [-0.1, -0.05) is 30.3 Å². The summed E-state index contributed by atoms with van der Waals surface area (Å²) in [6, 6.07) is 11.2. The third-order valence-corrected chi connectivity index (χ3v) is 3.24. The first-order valence-corrected chi connectivity index (χ1v) is 6.25. The van der Waals surface area contributed by atoms with Crippen molar-refractivity contribution in [3.05, 3.63) is 35.9 Å². The van der Waals surface area contributed by atoms with Crippen LogP contribution in [0.2, 0.25) is 0 Å². The highest BCUT2D eigenvalue weighted by atomic mass is 16.7. The smallest absolute Gasteiger partial charge is 0.146 e. The summed E-state index contributed by atoms with van der Waals surface area (Å²) in [6.07, 6.45) is 2.50. The maximum atomic E-state index is 5.47. The van der Waals surface area contributed by atoms with Crippen molar-refractivity contribution in [2.24, 2.45) is 0 Å². The van der Waals surface area contributed by atoms with Crippen LogP contribution in [-0.2, 0) is 16.0 Å². The molecule has 0 radical (unpaired) electrons. The fourth-order valence-electron chi connectivity index (χ4n) is 2.38. The van der Waals surface area contributed by atoms with Gasteiger partial charge in [0, 0.05) is 19.7 Å². The number of hydrogen-bond acceptors (Lipinski definition) is 3. The molecule has 2 rings (SSSR count). The first kappa shape index (κ1) is 12.6. The zero-order chi connectivity index (χ0) is 11.9. The van der Waals surface area contributed by atoms with E-state index in [1.165, 1.54) is 24.9 Å². The highest BCUT2D eigenvalue weighted by Crippen LogP contribution is 2.20. The normalized spacial score (nSPS) is 20.9. The molecule has 0 N–H and O–H groups in total. The lowest BCUT2D eigenvalue weighted by Gasteiger charge is -2.24. The van der Waals surface area contributed by atoms with Crippen LogP contribution in [-0.4, -0.2) is 38.0 Å². The second kappa shape index (κ2) is 6.74. The second-order valence-corrected chi connectivity index (χ2v) is 4.53. The first-order valence-electron chi connectivity index (χ1n) is 6.25. The maximum Gasteiger partial charge on any atom is 0.146 e. The van der Waals surface area contributed by atoms with Crippen LogP contribution in [0.1, 0.15) is 18.4 Å². The highest BCUT2D eigenvalue weighted by Gasteiger charge is 2.24. The molecular weight excluding hydrogens is 214 g/mol. The number of likely N-dealkylation sites (tertiary alicyclic amines) is 1. The summed E-state index contributed by atoms with van der Waals surface area (Å²) < 4.78 is 10.4. The van der Waals surface area contributed by atoms with Gasteiger partial charge in [-0.05, 0) is 24.9 Å². The Hall–Kier alpha value is -0.900. The van der Waals surface area contributed by atoms with Crippen LogP contribution in [0.5, 0.6) is 0 Å². The standard InChI is InChI=1S/C14H21NO2/c1-16-12-17-11-14-8-5-9-15(14)10-13-6-3-2-4-7-13/h2-4,6-7,14H,5,8-12H2,1H3/t14-/m0/s1. The average Bonchev–Trinajstić information content (AvgIpc) is 2.79. The summed E-state index contributed by atoms with van der Waals surface area (Å²) in [5.41, 5.74) is 1.38. The molecule has 94 valence electrons. The Balaban J connectivity index is 1.82. The predicted molar refractivity (Wildman–Crippen MR) is 67.7 cm³/mol. The predicted octanol–water partition coefficient (Wildman–Crippen LogP) is 2.27. The van der Waals surface area contributed by atoms with E-state index in [1.54, 1.807) is 7.11 Å². The quantitative estimate of drug-likeness (QED) is 0.557. The molecule has 0 aliphatic carbocycles. The monoisotopic (exact) mass is 235 g/mol. The van der Waals surface area contributed by atoms with Crippen LogP contribution < -0.4 is 0 Å². The van der Waals surface area contributed by atoms with Crippen molar-refractivity contribution in [3.8, 4) is 0 Å². The number of rotatable bonds is 6. The molecule has 0 aromatic heterocycles. The van der Waals surface area contributed by atoms with Crippen LogP contribution in [0.15, 0.2) is 30.3 Å². The molecule has 1 saturated heterocycles. The van der Waals surface area contributed by atoms with Crippen LogP contribution in [0.25, 0.3) is 0 Å². The van der Waals surface area contributed by atoms with E-state index in [1.807, 2.05) is 0 Å². The molecule has 0 unspecified atom stereocenters. The second-order valence-electron chi connectivity index (χ2n) is 4.53. The van der Waals surface area contributed by atoms with Gasteiger partial charge < -0.3 is 9.47 Å². The summed E-state index contributed by atoms with van der Waals surface area (Å²) in [7, 11) is 1.66. The molecule has 1 heterocycles. The fraction of sp³-hybridized carbons (Fsp3) is 0.571. The third kappa shape index (κ3) is 3.80. The number of ether oxygens (including phenoxy) is 2. The van der Waals surface area contributed by atoms with Crippen molar-refractivity contribution in [1.82, 2.24) is 4.90 Å². The van der Waals surface area contributed by atoms with Crippen molar-refractivity contribution in [1.29, 1.82) is 0 Å². The van der Waals surface area contributed by atoms with Gasteiger partial charge in [-0.3, -0.25) is 4.90 Å². The zero-order valence-electron chi connectivity index (χ0n) is 10.5. The van der Waals surface area contributed by atoms with Crippen molar-refractivity contribution in [2.75, 3.05) is 27.1 Å². The number of benzene rings is 1. The fourth-order valence-corrected chi connectivity index (χ4v) is 2.38. The lowest BCUT2D eigenvalue weighted by atomic mass is 10.2. The lowest BCUT2D eigenvalue weighted by Crippen LogP contribution is -2.32. The molecule has 17 heavy (non-hydrogen) atoms. The molecule has 0 saturated carbocycles. The summed E-state index contributed by atoms with van der Waals surface area (Å²) in [4.78, 5) is 2.50. The van der Waals surface area contributed by atoms with E-state index in [-0.39, 0.29) is 0 Å². The van der Waals surface area contributed by atoms with Gasteiger partial charge in [0.05, 0.1) is 6.61 Å². The molecular formula is C14H21NO2. The van der Waals surface area contributed by atoms with Crippen LogP contribution in [0, 0.1) is 0 Å². The Morgan fingerprint density at radius 2 is 2.12 bits per heavy atom. The molecule has 1 aliphatic heterocycles. The Morgan fingerprint density at radius 3 is 2.88 bits per heavy atom. The summed E-state index contributed by atoms with van der Waals surface area (Å²) >= 11 is 0. The van der Waals surface area contributed by atoms with Gasteiger partial charge >= 0.3 is 0 Å². The van der Waals surface area contributed by atoms with E-state index < -0.39 is 0 Å². The Morgan fingerprint density at radius 1 is 1.29 bits per heavy atom. The molecule has 3 heteroatoms. The van der Waals surface area contributed by atoms with Crippen molar-refractivity contribution >= 4 is 0 Å². The van der Waals surface area contributed by atoms with Gasteiger partial charge in [0.15, 0.2) is 0 Å². The van der Waals surface area contributed by atoms with Gasteiger partial charge in [0.1, 0.15) is 6.79 Å².